The highest BCUT2D eigenvalue weighted by atomic mass is 31.1. The van der Waals surface area contributed by atoms with E-state index in [0.717, 1.165) is 55.6 Å². The van der Waals surface area contributed by atoms with Gasteiger partial charge in [0.2, 0.25) is 0 Å². The molecule has 5 heteroatoms. The summed E-state index contributed by atoms with van der Waals surface area (Å²) in [6.45, 7) is 17.2. The maximum atomic E-state index is 12.7. The molecular weight excluding hydrogens is 527 g/mol. The molecule has 0 N–H and O–H groups in total. The van der Waals surface area contributed by atoms with E-state index in [1.807, 2.05) is 110 Å². The summed E-state index contributed by atoms with van der Waals surface area (Å²) in [5.74, 6) is 0.112. The summed E-state index contributed by atoms with van der Waals surface area (Å²) < 4.78 is 12.7. The maximum absolute atomic E-state index is 12.7. The molecule has 0 aliphatic rings. The van der Waals surface area contributed by atoms with Crippen molar-refractivity contribution in [3.8, 4) is 0 Å². The lowest BCUT2D eigenvalue weighted by Crippen LogP contribution is -2.08. The van der Waals surface area contributed by atoms with Crippen molar-refractivity contribution in [3.05, 3.63) is 139 Å². The summed E-state index contributed by atoms with van der Waals surface area (Å²) in [6.07, 6.45) is 0. The van der Waals surface area contributed by atoms with Crippen molar-refractivity contribution in [3.63, 3.8) is 0 Å². The molecule has 4 rings (SSSR count). The molecule has 0 spiro atoms. The van der Waals surface area contributed by atoms with Crippen LogP contribution >= 0.6 is 7.80 Å². The minimum atomic E-state index is -2.67. The second-order valence-electron chi connectivity index (χ2n) is 10.9. The third-order valence-corrected chi connectivity index (χ3v) is 8.28. The molecule has 0 atom stereocenters. The second-order valence-corrected chi connectivity index (χ2v) is 12.3. The Kier molecular flexibility index (Phi) is 10.1. The van der Waals surface area contributed by atoms with Crippen LogP contribution in [0.25, 0.3) is 0 Å². The zero-order valence-electron chi connectivity index (χ0n) is 25.4. The fourth-order valence-electron chi connectivity index (χ4n) is 5.60. The van der Waals surface area contributed by atoms with E-state index in [2.05, 4.69) is 19.1 Å². The third-order valence-electron chi connectivity index (χ3n) is 7.09. The Balaban J connectivity index is 0.000000239. The van der Waals surface area contributed by atoms with Gasteiger partial charge in [0.05, 0.1) is 11.1 Å². The monoisotopic (exact) mass is 565 g/mol. The summed E-state index contributed by atoms with van der Waals surface area (Å²) in [6, 6.07) is 21.0. The van der Waals surface area contributed by atoms with Gasteiger partial charge in [-0.05, 0) is 95.7 Å². The van der Waals surface area contributed by atoms with Crippen molar-refractivity contribution in [1.82, 2.24) is 0 Å². The molecule has 4 aromatic carbocycles. The van der Waals surface area contributed by atoms with Gasteiger partial charge in [-0.3, -0.25) is 4.79 Å². The molecule has 4 aromatic rings. The number of rotatable bonds is 6. The van der Waals surface area contributed by atoms with Gasteiger partial charge in [-0.2, -0.15) is 0 Å². The smallest absolute Gasteiger partial charge is 0.289 e. The average molecular weight is 566 g/mol. The summed E-state index contributed by atoms with van der Waals surface area (Å²) in [5, 5.41) is 0. The number of carbonyl (C=O) groups is 3. The summed E-state index contributed by atoms with van der Waals surface area (Å²) in [7, 11) is -2.67. The molecule has 0 amide bonds. The molecule has 0 radical (unpaired) electrons. The molecule has 0 saturated heterocycles. The van der Waals surface area contributed by atoms with Gasteiger partial charge in [0, 0.05) is 11.1 Å². The Bertz CT molecular complexity index is 1540. The van der Waals surface area contributed by atoms with Crippen molar-refractivity contribution in [2.45, 2.75) is 62.3 Å². The van der Waals surface area contributed by atoms with Gasteiger partial charge in [0.15, 0.2) is 5.78 Å². The molecular formula is C36H38O4P+. The van der Waals surface area contributed by atoms with E-state index in [1.165, 1.54) is 5.56 Å². The molecule has 210 valence electrons. The normalized spacial score (nSPS) is 10.5. The number of hydrogen-bond donors (Lipinski definition) is 0. The van der Waals surface area contributed by atoms with E-state index in [0.29, 0.717) is 11.1 Å². The van der Waals surface area contributed by atoms with Crippen molar-refractivity contribution >= 4 is 24.6 Å². The SMILES string of the molecule is Cc1cc(C)c(C(=O)[P+](=O)C(=O)c2c(C)cc(C)cc2C)c(C)c1.Cc1cc(C)c(C(=O)c2ccccc2)c(C)c1. The van der Waals surface area contributed by atoms with E-state index < -0.39 is 18.8 Å². The number of benzene rings is 4. The Labute approximate surface area is 244 Å². The van der Waals surface area contributed by atoms with Crippen LogP contribution in [0.1, 0.15) is 86.7 Å². The largest absolute Gasteiger partial charge is 0.501 e. The lowest BCUT2D eigenvalue weighted by Gasteiger charge is -2.10. The van der Waals surface area contributed by atoms with E-state index in [-0.39, 0.29) is 5.78 Å². The van der Waals surface area contributed by atoms with Crippen LogP contribution in [0, 0.1) is 62.3 Å². The van der Waals surface area contributed by atoms with Gasteiger partial charge in [-0.25, -0.2) is 9.59 Å². The van der Waals surface area contributed by atoms with Crippen LogP contribution in [-0.4, -0.2) is 16.8 Å². The second kappa shape index (κ2) is 13.1. The van der Waals surface area contributed by atoms with Crippen molar-refractivity contribution < 1.29 is 18.9 Å². The predicted molar refractivity (Wildman–Crippen MR) is 168 cm³/mol. The third kappa shape index (κ3) is 7.20. The Morgan fingerprint density at radius 2 is 0.756 bits per heavy atom. The highest BCUT2D eigenvalue weighted by Crippen LogP contribution is 2.36. The molecule has 4 nitrogen and oxygen atoms in total. The van der Waals surface area contributed by atoms with Crippen LogP contribution in [0.3, 0.4) is 0 Å². The number of hydrogen-bond acceptors (Lipinski definition) is 4. The predicted octanol–water partition coefficient (Wildman–Crippen LogP) is 9.19. The molecule has 0 aliphatic carbocycles. The van der Waals surface area contributed by atoms with Crippen molar-refractivity contribution in [2.24, 2.45) is 0 Å². The lowest BCUT2D eigenvalue weighted by atomic mass is 9.93. The average Bonchev–Trinajstić information content (AvgIpc) is 2.87. The first kappa shape index (κ1) is 31.5. The van der Waals surface area contributed by atoms with Crippen LogP contribution < -0.4 is 0 Å². The fraction of sp³-hybridized carbons (Fsp3) is 0.250. The highest BCUT2D eigenvalue weighted by molar-refractivity contribution is 7.80. The molecule has 0 aliphatic heterocycles. The number of aryl methyl sites for hydroxylation is 9. The molecule has 0 fully saturated rings. The molecule has 0 saturated carbocycles. The van der Waals surface area contributed by atoms with Crippen LogP contribution in [0.15, 0.2) is 66.7 Å². The van der Waals surface area contributed by atoms with Crippen LogP contribution in [-0.2, 0) is 4.57 Å². The Morgan fingerprint density at radius 3 is 1.07 bits per heavy atom. The first-order valence-corrected chi connectivity index (χ1v) is 14.9. The maximum Gasteiger partial charge on any atom is 0.501 e. The summed E-state index contributed by atoms with van der Waals surface area (Å²) in [4.78, 5) is 37.8. The van der Waals surface area contributed by atoms with E-state index in [1.54, 1.807) is 0 Å². The van der Waals surface area contributed by atoms with Crippen LogP contribution in [0.4, 0.5) is 0 Å². The lowest BCUT2D eigenvalue weighted by molar-refractivity contribution is 0.103. The quantitative estimate of drug-likeness (QED) is 0.173. The highest BCUT2D eigenvalue weighted by Gasteiger charge is 2.42. The number of ketones is 1. The summed E-state index contributed by atoms with van der Waals surface area (Å²) >= 11 is 0. The van der Waals surface area contributed by atoms with E-state index in [9.17, 15) is 18.9 Å². The minimum absolute atomic E-state index is 0.112. The van der Waals surface area contributed by atoms with Crippen molar-refractivity contribution in [2.75, 3.05) is 0 Å². The molecule has 0 unspecified atom stereocenters. The zero-order chi connectivity index (χ0) is 30.6. The fourth-order valence-corrected chi connectivity index (χ4v) is 6.90. The first-order valence-electron chi connectivity index (χ1n) is 13.6. The van der Waals surface area contributed by atoms with Gasteiger partial charge in [-0.1, -0.05) is 88.0 Å². The van der Waals surface area contributed by atoms with Gasteiger partial charge in [0.25, 0.3) is 0 Å². The van der Waals surface area contributed by atoms with E-state index >= 15 is 0 Å². The molecule has 41 heavy (non-hydrogen) atoms. The molecule has 0 heterocycles. The van der Waals surface area contributed by atoms with Gasteiger partial charge < -0.3 is 0 Å². The van der Waals surface area contributed by atoms with Crippen molar-refractivity contribution in [1.29, 1.82) is 0 Å². The summed E-state index contributed by atoms with van der Waals surface area (Å²) in [5.41, 5.74) is 9.63. The molecule has 0 bridgehead atoms. The first-order chi connectivity index (χ1) is 19.2. The number of carbonyl (C=O) groups excluding carboxylic acids is 3. The van der Waals surface area contributed by atoms with Gasteiger partial charge >= 0.3 is 18.8 Å². The van der Waals surface area contributed by atoms with E-state index in [4.69, 9.17) is 0 Å². The van der Waals surface area contributed by atoms with Gasteiger partial charge in [-0.15, -0.1) is 0 Å². The van der Waals surface area contributed by atoms with Gasteiger partial charge in [0.1, 0.15) is 0 Å². The topological polar surface area (TPSA) is 68.3 Å². The Hall–Kier alpha value is -4.01. The zero-order valence-corrected chi connectivity index (χ0v) is 26.3. The Morgan fingerprint density at radius 1 is 0.463 bits per heavy atom. The molecule has 0 aromatic heterocycles. The standard InChI is InChI=1S/C20H22O3P.C16H16O/c1-11-7-13(3)17(14(4)8-11)19(21)24(23)20(22)18-15(5)9-12(2)10-16(18)6;1-11-9-12(2)15(13(3)10-11)16(17)14-7-5-4-6-8-14/h7-10H,1-6H3;4-10H,1-3H3/q+1;. The van der Waals surface area contributed by atoms with Crippen LogP contribution in [0.2, 0.25) is 0 Å². The van der Waals surface area contributed by atoms with Crippen LogP contribution in [0.5, 0.6) is 0 Å². The minimum Gasteiger partial charge on any atom is -0.289 e.